The van der Waals surface area contributed by atoms with Crippen LogP contribution < -0.4 is 5.32 Å². The fourth-order valence-corrected chi connectivity index (χ4v) is 4.22. The first kappa shape index (κ1) is 26.5. The molecule has 3 aromatic rings. The molecule has 4 rings (SSSR count). The molecule has 37 heavy (non-hydrogen) atoms. The van der Waals surface area contributed by atoms with Gasteiger partial charge in [0.25, 0.3) is 0 Å². The van der Waals surface area contributed by atoms with Crippen LogP contribution in [0, 0.1) is 5.92 Å². The van der Waals surface area contributed by atoms with Crippen molar-refractivity contribution in [1.82, 2.24) is 19.7 Å². The van der Waals surface area contributed by atoms with Gasteiger partial charge in [-0.25, -0.2) is 9.97 Å². The van der Waals surface area contributed by atoms with Crippen LogP contribution >= 0.6 is 0 Å². The smallest absolute Gasteiger partial charge is 0.390 e. The largest absolute Gasteiger partial charge is 0.416 e. The van der Waals surface area contributed by atoms with Crippen molar-refractivity contribution >= 4 is 11.6 Å². The van der Waals surface area contributed by atoms with Crippen molar-refractivity contribution < 1.29 is 41.4 Å². The first-order chi connectivity index (χ1) is 17.3. The van der Waals surface area contributed by atoms with E-state index in [1.165, 1.54) is 24.8 Å². The SMILES string of the molecule is C[C@@H]1C[C@@H](Nc2ncncc2C(=O)c2ccn(Cc3ccc(C(F)(F)F)cc3C(F)(F)F)n2)[C@H](O)[C@@H]1O. The van der Waals surface area contributed by atoms with Crippen LogP contribution in [-0.2, 0) is 18.9 Å². The molecule has 0 radical (unpaired) electrons. The summed E-state index contributed by atoms with van der Waals surface area (Å²) >= 11 is 0. The molecule has 14 heteroatoms. The van der Waals surface area contributed by atoms with Crippen LogP contribution in [0.4, 0.5) is 32.2 Å². The molecule has 1 aliphatic carbocycles. The van der Waals surface area contributed by atoms with Crippen molar-refractivity contribution in [2.45, 2.75) is 50.5 Å². The van der Waals surface area contributed by atoms with E-state index in [9.17, 15) is 41.4 Å². The summed E-state index contributed by atoms with van der Waals surface area (Å²) in [6.07, 6.45) is -8.04. The van der Waals surface area contributed by atoms with Gasteiger partial charge < -0.3 is 15.5 Å². The lowest BCUT2D eigenvalue weighted by Crippen LogP contribution is -2.35. The lowest BCUT2D eigenvalue weighted by molar-refractivity contribution is -0.143. The molecular formula is C23H21F6N5O3. The van der Waals surface area contributed by atoms with Gasteiger partial charge in [-0.05, 0) is 36.1 Å². The topological polar surface area (TPSA) is 113 Å². The molecule has 198 valence electrons. The van der Waals surface area contributed by atoms with Gasteiger partial charge in [-0.1, -0.05) is 13.0 Å². The molecule has 1 saturated carbocycles. The van der Waals surface area contributed by atoms with E-state index in [0.717, 1.165) is 10.7 Å². The zero-order chi connectivity index (χ0) is 27.1. The molecule has 3 N–H and O–H groups in total. The van der Waals surface area contributed by atoms with E-state index in [2.05, 4.69) is 20.4 Å². The molecule has 1 fully saturated rings. The molecule has 1 aliphatic rings. The number of halogens is 6. The van der Waals surface area contributed by atoms with Crippen LogP contribution in [0.3, 0.4) is 0 Å². The van der Waals surface area contributed by atoms with Gasteiger partial charge in [0, 0.05) is 12.4 Å². The Morgan fingerprint density at radius 3 is 2.46 bits per heavy atom. The number of benzene rings is 1. The summed E-state index contributed by atoms with van der Waals surface area (Å²) in [6, 6.07) is 1.97. The summed E-state index contributed by atoms with van der Waals surface area (Å²) in [4.78, 5) is 20.9. The number of anilines is 1. The molecule has 1 aromatic carbocycles. The number of carbonyl (C=O) groups excluding carboxylic acids is 1. The Morgan fingerprint density at radius 2 is 1.84 bits per heavy atom. The lowest BCUT2D eigenvalue weighted by Gasteiger charge is -2.19. The van der Waals surface area contributed by atoms with Crippen molar-refractivity contribution in [3.8, 4) is 0 Å². The molecule has 0 aliphatic heterocycles. The second kappa shape index (κ2) is 9.74. The average Bonchev–Trinajstić information content (AvgIpc) is 3.38. The molecule has 2 aromatic heterocycles. The Kier molecular flexibility index (Phi) is 6.99. The van der Waals surface area contributed by atoms with E-state index in [-0.39, 0.29) is 29.1 Å². The minimum absolute atomic E-state index is 0.0282. The van der Waals surface area contributed by atoms with Crippen LogP contribution in [0.15, 0.2) is 43.0 Å². The molecule has 2 heterocycles. The first-order valence-corrected chi connectivity index (χ1v) is 11.0. The van der Waals surface area contributed by atoms with Gasteiger partial charge in [0.2, 0.25) is 5.78 Å². The van der Waals surface area contributed by atoms with Crippen molar-refractivity contribution in [3.05, 3.63) is 70.9 Å². The molecule has 8 nitrogen and oxygen atoms in total. The van der Waals surface area contributed by atoms with E-state index < -0.39 is 59.6 Å². The predicted octanol–water partition coefficient (Wildman–Crippen LogP) is 3.53. The number of nitrogens with zero attached hydrogens (tertiary/aromatic N) is 4. The summed E-state index contributed by atoms with van der Waals surface area (Å²) in [6.45, 7) is 1.22. The Morgan fingerprint density at radius 1 is 1.11 bits per heavy atom. The zero-order valence-electron chi connectivity index (χ0n) is 19.1. The Hall–Kier alpha value is -3.52. The standard InChI is InChI=1S/C23H21F6N5O3/c1-11-6-17(20(37)18(11)35)32-21-14(8-30-10-31-21)19(36)16-4-5-34(33-16)9-12-2-3-13(22(24,25)26)7-15(12)23(27,28)29/h2-5,7-8,10-11,17-18,20,35,37H,6,9H2,1H3,(H,30,31,32)/t11-,17-,18-,20+/m1/s1. The van der Waals surface area contributed by atoms with Crippen LogP contribution in [0.5, 0.6) is 0 Å². The highest BCUT2D eigenvalue weighted by Gasteiger charge is 2.40. The van der Waals surface area contributed by atoms with Gasteiger partial charge >= 0.3 is 12.4 Å². The fourth-order valence-electron chi connectivity index (χ4n) is 4.22. The normalized spacial score (nSPS) is 22.3. The minimum atomic E-state index is -5.04. The molecule has 0 saturated heterocycles. The number of ketones is 1. The third-order valence-electron chi connectivity index (χ3n) is 6.20. The number of nitrogens with one attached hydrogen (secondary N) is 1. The molecule has 0 unspecified atom stereocenters. The Bertz CT molecular complexity index is 1290. The summed E-state index contributed by atoms with van der Waals surface area (Å²) in [5.74, 6) is -0.802. The van der Waals surface area contributed by atoms with Crippen molar-refractivity contribution in [2.24, 2.45) is 5.92 Å². The van der Waals surface area contributed by atoms with E-state index in [1.54, 1.807) is 6.92 Å². The van der Waals surface area contributed by atoms with E-state index in [1.807, 2.05) is 0 Å². The van der Waals surface area contributed by atoms with Gasteiger partial charge in [0.1, 0.15) is 23.9 Å². The number of aliphatic hydroxyl groups is 2. The van der Waals surface area contributed by atoms with Crippen molar-refractivity contribution in [3.63, 3.8) is 0 Å². The number of aliphatic hydroxyl groups excluding tert-OH is 2. The predicted molar refractivity (Wildman–Crippen MR) is 116 cm³/mol. The quantitative estimate of drug-likeness (QED) is 0.331. The maximum atomic E-state index is 13.5. The van der Waals surface area contributed by atoms with Crippen molar-refractivity contribution in [2.75, 3.05) is 5.32 Å². The van der Waals surface area contributed by atoms with E-state index in [0.29, 0.717) is 12.5 Å². The first-order valence-electron chi connectivity index (χ1n) is 11.0. The van der Waals surface area contributed by atoms with Gasteiger partial charge in [-0.2, -0.15) is 31.4 Å². The second-order valence-electron chi connectivity index (χ2n) is 8.83. The molecule has 0 spiro atoms. The molecule has 0 amide bonds. The Labute approximate surface area is 206 Å². The van der Waals surface area contributed by atoms with Crippen LogP contribution in [0.1, 0.15) is 46.1 Å². The monoisotopic (exact) mass is 529 g/mol. The highest BCUT2D eigenvalue weighted by molar-refractivity contribution is 6.10. The second-order valence-corrected chi connectivity index (χ2v) is 8.83. The minimum Gasteiger partial charge on any atom is -0.390 e. The van der Waals surface area contributed by atoms with Crippen LogP contribution in [0.25, 0.3) is 0 Å². The average molecular weight is 529 g/mol. The number of aromatic nitrogens is 4. The van der Waals surface area contributed by atoms with E-state index >= 15 is 0 Å². The number of carbonyl (C=O) groups is 1. The molecule has 0 bridgehead atoms. The summed E-state index contributed by atoms with van der Waals surface area (Å²) in [5, 5.41) is 27.1. The van der Waals surface area contributed by atoms with Gasteiger partial charge in [0.15, 0.2) is 0 Å². The highest BCUT2D eigenvalue weighted by Crippen LogP contribution is 2.37. The van der Waals surface area contributed by atoms with E-state index in [4.69, 9.17) is 0 Å². The number of rotatable bonds is 6. The lowest BCUT2D eigenvalue weighted by atomic mass is 10.0. The maximum absolute atomic E-state index is 13.5. The summed E-state index contributed by atoms with van der Waals surface area (Å²) < 4.78 is 80.1. The molecular weight excluding hydrogens is 508 g/mol. The van der Waals surface area contributed by atoms with Crippen LogP contribution in [0.2, 0.25) is 0 Å². The van der Waals surface area contributed by atoms with Gasteiger partial charge in [-0.15, -0.1) is 0 Å². The van der Waals surface area contributed by atoms with Crippen LogP contribution in [-0.4, -0.2) is 54.0 Å². The Balaban J connectivity index is 1.57. The van der Waals surface area contributed by atoms with Gasteiger partial charge in [-0.3, -0.25) is 9.48 Å². The fraction of sp³-hybridized carbons (Fsp3) is 0.391. The number of alkyl halides is 6. The zero-order valence-corrected chi connectivity index (χ0v) is 19.1. The summed E-state index contributed by atoms with van der Waals surface area (Å²) in [5.41, 5.74) is -3.55. The number of hydrogen-bond donors (Lipinski definition) is 3. The van der Waals surface area contributed by atoms with Crippen molar-refractivity contribution in [1.29, 1.82) is 0 Å². The molecule has 4 atom stereocenters. The highest BCUT2D eigenvalue weighted by atomic mass is 19.4. The number of hydrogen-bond acceptors (Lipinski definition) is 7. The van der Waals surface area contributed by atoms with Gasteiger partial charge in [0.05, 0.1) is 35.4 Å². The third-order valence-corrected chi connectivity index (χ3v) is 6.20. The third kappa shape index (κ3) is 5.59. The summed E-state index contributed by atoms with van der Waals surface area (Å²) in [7, 11) is 0. The maximum Gasteiger partial charge on any atom is 0.416 e.